The number of anilines is 1. The number of hydrogen-bond acceptors (Lipinski definition) is 3. The van der Waals surface area contributed by atoms with Crippen LogP contribution in [0.1, 0.15) is 29.6 Å². The van der Waals surface area contributed by atoms with E-state index in [1.54, 1.807) is 31.3 Å². The Balaban J connectivity index is 1.99. The molecule has 2 amide bonds. The van der Waals surface area contributed by atoms with Crippen LogP contribution in [-0.4, -0.2) is 24.9 Å². The van der Waals surface area contributed by atoms with E-state index in [-0.39, 0.29) is 23.8 Å². The van der Waals surface area contributed by atoms with Gasteiger partial charge in [-0.05, 0) is 37.1 Å². The van der Waals surface area contributed by atoms with Gasteiger partial charge in [0.05, 0.1) is 5.92 Å². The standard InChI is InChI=1S/C14H19N3O2/c1-16-13(18)9-5-7-10(8-6-9)17-14(19)11-3-2-4-12(11)15/h5-8,11-12H,2-4,15H2,1H3,(H,16,18)(H,17,19). The molecule has 1 saturated carbocycles. The minimum absolute atomic E-state index is 0.0299. The molecule has 5 heteroatoms. The van der Waals surface area contributed by atoms with Crippen LogP contribution in [0, 0.1) is 5.92 Å². The van der Waals surface area contributed by atoms with Crippen LogP contribution in [-0.2, 0) is 4.79 Å². The van der Waals surface area contributed by atoms with Crippen molar-refractivity contribution in [2.24, 2.45) is 11.7 Å². The summed E-state index contributed by atoms with van der Waals surface area (Å²) in [6, 6.07) is 6.78. The van der Waals surface area contributed by atoms with Crippen molar-refractivity contribution < 1.29 is 9.59 Å². The first kappa shape index (κ1) is 13.5. The molecule has 1 fully saturated rings. The van der Waals surface area contributed by atoms with E-state index < -0.39 is 0 Å². The van der Waals surface area contributed by atoms with Crippen LogP contribution in [0.3, 0.4) is 0 Å². The smallest absolute Gasteiger partial charge is 0.251 e. The lowest BCUT2D eigenvalue weighted by Crippen LogP contribution is -2.34. The van der Waals surface area contributed by atoms with E-state index in [1.807, 2.05) is 0 Å². The molecule has 0 saturated heterocycles. The molecule has 1 aromatic carbocycles. The van der Waals surface area contributed by atoms with Gasteiger partial charge in [-0.25, -0.2) is 0 Å². The van der Waals surface area contributed by atoms with Crippen LogP contribution < -0.4 is 16.4 Å². The van der Waals surface area contributed by atoms with E-state index in [0.717, 1.165) is 19.3 Å². The molecule has 0 aliphatic heterocycles. The van der Waals surface area contributed by atoms with Crippen LogP contribution in [0.4, 0.5) is 5.69 Å². The summed E-state index contributed by atoms with van der Waals surface area (Å²) in [6.07, 6.45) is 2.77. The monoisotopic (exact) mass is 261 g/mol. The molecule has 2 unspecified atom stereocenters. The van der Waals surface area contributed by atoms with E-state index in [9.17, 15) is 9.59 Å². The Hall–Kier alpha value is -1.88. The Kier molecular flexibility index (Phi) is 4.16. The molecule has 19 heavy (non-hydrogen) atoms. The van der Waals surface area contributed by atoms with Gasteiger partial charge in [0.15, 0.2) is 0 Å². The summed E-state index contributed by atoms with van der Waals surface area (Å²) in [6.45, 7) is 0. The van der Waals surface area contributed by atoms with Crippen LogP contribution in [0.25, 0.3) is 0 Å². The van der Waals surface area contributed by atoms with Gasteiger partial charge in [-0.1, -0.05) is 6.42 Å². The SMILES string of the molecule is CNC(=O)c1ccc(NC(=O)C2CCCC2N)cc1. The van der Waals surface area contributed by atoms with Gasteiger partial charge in [0.2, 0.25) is 5.91 Å². The van der Waals surface area contributed by atoms with E-state index in [4.69, 9.17) is 5.73 Å². The summed E-state index contributed by atoms with van der Waals surface area (Å²) >= 11 is 0. The fourth-order valence-electron chi connectivity index (χ4n) is 2.40. The largest absolute Gasteiger partial charge is 0.355 e. The van der Waals surface area contributed by atoms with Crippen molar-refractivity contribution in [3.05, 3.63) is 29.8 Å². The number of amides is 2. The van der Waals surface area contributed by atoms with Gasteiger partial charge in [-0.3, -0.25) is 9.59 Å². The number of carbonyl (C=O) groups excluding carboxylic acids is 2. The highest BCUT2D eigenvalue weighted by molar-refractivity contribution is 5.96. The van der Waals surface area contributed by atoms with Gasteiger partial charge in [0, 0.05) is 24.3 Å². The minimum Gasteiger partial charge on any atom is -0.355 e. The van der Waals surface area contributed by atoms with Gasteiger partial charge < -0.3 is 16.4 Å². The Morgan fingerprint density at radius 3 is 2.42 bits per heavy atom. The molecular formula is C14H19N3O2. The summed E-state index contributed by atoms with van der Waals surface area (Å²) < 4.78 is 0. The Bertz CT molecular complexity index is 470. The number of nitrogens with two attached hydrogens (primary N) is 1. The van der Waals surface area contributed by atoms with Crippen molar-refractivity contribution in [1.82, 2.24) is 5.32 Å². The third-order valence-corrected chi connectivity index (χ3v) is 3.55. The van der Waals surface area contributed by atoms with Gasteiger partial charge in [0.1, 0.15) is 0 Å². The van der Waals surface area contributed by atoms with Crippen molar-refractivity contribution in [2.45, 2.75) is 25.3 Å². The zero-order valence-corrected chi connectivity index (χ0v) is 11.0. The lowest BCUT2D eigenvalue weighted by Gasteiger charge is -2.15. The van der Waals surface area contributed by atoms with E-state index in [2.05, 4.69) is 10.6 Å². The van der Waals surface area contributed by atoms with Crippen LogP contribution in [0.15, 0.2) is 24.3 Å². The Morgan fingerprint density at radius 2 is 1.89 bits per heavy atom. The molecule has 0 bridgehead atoms. The summed E-state index contributed by atoms with van der Waals surface area (Å²) in [4.78, 5) is 23.4. The molecule has 1 aliphatic rings. The van der Waals surface area contributed by atoms with Crippen LogP contribution in [0.5, 0.6) is 0 Å². The number of rotatable bonds is 3. The third-order valence-electron chi connectivity index (χ3n) is 3.55. The van der Waals surface area contributed by atoms with Crippen LogP contribution >= 0.6 is 0 Å². The summed E-state index contributed by atoms with van der Waals surface area (Å²) in [5.74, 6) is -0.271. The second kappa shape index (κ2) is 5.84. The highest BCUT2D eigenvalue weighted by Crippen LogP contribution is 2.25. The van der Waals surface area contributed by atoms with Crippen molar-refractivity contribution in [2.75, 3.05) is 12.4 Å². The normalized spacial score (nSPS) is 22.0. The molecule has 0 spiro atoms. The summed E-state index contributed by atoms with van der Waals surface area (Å²) in [5, 5.41) is 5.40. The second-order valence-electron chi connectivity index (χ2n) is 4.85. The summed E-state index contributed by atoms with van der Waals surface area (Å²) in [7, 11) is 1.58. The third kappa shape index (κ3) is 3.12. The van der Waals surface area contributed by atoms with Crippen molar-refractivity contribution >= 4 is 17.5 Å². The minimum atomic E-state index is -0.143. The molecular weight excluding hydrogens is 242 g/mol. The molecule has 2 rings (SSSR count). The number of carbonyl (C=O) groups is 2. The topological polar surface area (TPSA) is 84.2 Å². The Morgan fingerprint density at radius 1 is 1.21 bits per heavy atom. The van der Waals surface area contributed by atoms with Gasteiger partial charge in [0.25, 0.3) is 5.91 Å². The first-order valence-electron chi connectivity index (χ1n) is 6.50. The van der Waals surface area contributed by atoms with Gasteiger partial charge in [-0.15, -0.1) is 0 Å². The lowest BCUT2D eigenvalue weighted by molar-refractivity contribution is -0.120. The molecule has 1 aliphatic carbocycles. The summed E-state index contributed by atoms with van der Waals surface area (Å²) in [5.41, 5.74) is 7.16. The maximum Gasteiger partial charge on any atom is 0.251 e. The number of benzene rings is 1. The molecule has 0 aromatic heterocycles. The molecule has 102 valence electrons. The average molecular weight is 261 g/mol. The molecule has 5 nitrogen and oxygen atoms in total. The van der Waals surface area contributed by atoms with Crippen molar-refractivity contribution in [1.29, 1.82) is 0 Å². The molecule has 4 N–H and O–H groups in total. The van der Waals surface area contributed by atoms with Gasteiger partial charge >= 0.3 is 0 Å². The molecule has 0 radical (unpaired) electrons. The molecule has 2 atom stereocenters. The highest BCUT2D eigenvalue weighted by Gasteiger charge is 2.30. The van der Waals surface area contributed by atoms with E-state index in [0.29, 0.717) is 11.3 Å². The zero-order valence-electron chi connectivity index (χ0n) is 11.0. The second-order valence-corrected chi connectivity index (χ2v) is 4.85. The number of hydrogen-bond donors (Lipinski definition) is 3. The lowest BCUT2D eigenvalue weighted by atomic mass is 10.0. The van der Waals surface area contributed by atoms with Crippen molar-refractivity contribution in [3.63, 3.8) is 0 Å². The van der Waals surface area contributed by atoms with Crippen LogP contribution in [0.2, 0.25) is 0 Å². The fourth-order valence-corrected chi connectivity index (χ4v) is 2.40. The van der Waals surface area contributed by atoms with E-state index >= 15 is 0 Å². The van der Waals surface area contributed by atoms with Gasteiger partial charge in [-0.2, -0.15) is 0 Å². The van der Waals surface area contributed by atoms with Crippen molar-refractivity contribution in [3.8, 4) is 0 Å². The first-order valence-corrected chi connectivity index (χ1v) is 6.50. The fraction of sp³-hybridized carbons (Fsp3) is 0.429. The molecule has 1 aromatic rings. The first-order chi connectivity index (χ1) is 9.11. The average Bonchev–Trinajstić information content (AvgIpc) is 2.85. The maximum atomic E-state index is 12.0. The van der Waals surface area contributed by atoms with E-state index in [1.165, 1.54) is 0 Å². The Labute approximate surface area is 112 Å². The zero-order chi connectivity index (χ0) is 13.8. The maximum absolute atomic E-state index is 12.0. The highest BCUT2D eigenvalue weighted by atomic mass is 16.2. The quantitative estimate of drug-likeness (QED) is 0.762. The molecule has 0 heterocycles. The predicted octanol–water partition coefficient (Wildman–Crippen LogP) is 1.11. The number of nitrogens with one attached hydrogen (secondary N) is 2. The predicted molar refractivity (Wildman–Crippen MR) is 73.8 cm³/mol.